The summed E-state index contributed by atoms with van der Waals surface area (Å²) in [7, 11) is 0. The zero-order valence-electron chi connectivity index (χ0n) is 8.51. The first-order valence-electron chi connectivity index (χ1n) is 4.81. The van der Waals surface area contributed by atoms with Crippen molar-refractivity contribution in [2.75, 3.05) is 18.0 Å². The standard InChI is InChI=1S/C9H8F5N3/c10-8(11)2-4-17(5-8)7-15-3-1-6(16-7)9(12,13)14/h1,3H,2,4-5H2. The average molecular weight is 253 g/mol. The molecule has 8 heteroatoms. The van der Waals surface area contributed by atoms with Crippen LogP contribution in [-0.2, 0) is 6.18 Å². The molecule has 0 atom stereocenters. The average Bonchev–Trinajstić information content (AvgIpc) is 2.58. The molecule has 17 heavy (non-hydrogen) atoms. The molecule has 0 spiro atoms. The summed E-state index contributed by atoms with van der Waals surface area (Å²) >= 11 is 0. The maximum Gasteiger partial charge on any atom is 0.433 e. The Kier molecular flexibility index (Phi) is 2.67. The van der Waals surface area contributed by atoms with Crippen molar-refractivity contribution in [1.29, 1.82) is 0 Å². The molecule has 0 saturated carbocycles. The summed E-state index contributed by atoms with van der Waals surface area (Å²) in [5.74, 6) is -3.20. The molecule has 0 N–H and O–H groups in total. The topological polar surface area (TPSA) is 29.0 Å². The molecule has 1 aromatic heterocycles. The zero-order valence-corrected chi connectivity index (χ0v) is 8.51. The lowest BCUT2D eigenvalue weighted by atomic mass is 10.3. The van der Waals surface area contributed by atoms with Crippen LogP contribution in [0.1, 0.15) is 12.1 Å². The highest BCUT2D eigenvalue weighted by molar-refractivity contribution is 5.33. The molecule has 94 valence electrons. The van der Waals surface area contributed by atoms with Gasteiger partial charge in [-0.05, 0) is 6.07 Å². The van der Waals surface area contributed by atoms with Crippen molar-refractivity contribution in [2.45, 2.75) is 18.5 Å². The molecule has 3 nitrogen and oxygen atoms in total. The van der Waals surface area contributed by atoms with Crippen LogP contribution in [0.15, 0.2) is 12.3 Å². The number of hydrogen-bond donors (Lipinski definition) is 0. The molecule has 2 rings (SSSR count). The van der Waals surface area contributed by atoms with E-state index in [-0.39, 0.29) is 12.5 Å². The lowest BCUT2D eigenvalue weighted by molar-refractivity contribution is -0.141. The maximum atomic E-state index is 12.9. The van der Waals surface area contributed by atoms with Crippen molar-refractivity contribution < 1.29 is 22.0 Å². The van der Waals surface area contributed by atoms with Crippen LogP contribution in [0.3, 0.4) is 0 Å². The number of rotatable bonds is 1. The van der Waals surface area contributed by atoms with Gasteiger partial charge in [-0.25, -0.2) is 18.7 Å². The van der Waals surface area contributed by atoms with E-state index in [0.717, 1.165) is 11.1 Å². The van der Waals surface area contributed by atoms with Crippen LogP contribution in [0.4, 0.5) is 27.9 Å². The summed E-state index contributed by atoms with van der Waals surface area (Å²) in [4.78, 5) is 7.88. The number of nitrogens with zero attached hydrogens (tertiary/aromatic N) is 3. The Morgan fingerprint density at radius 1 is 1.29 bits per heavy atom. The SMILES string of the molecule is FC1(F)CCN(c2nccc(C(F)(F)F)n2)C1. The highest BCUT2D eigenvalue weighted by Crippen LogP contribution is 2.31. The van der Waals surface area contributed by atoms with Gasteiger partial charge in [0, 0.05) is 19.2 Å². The molecule has 1 aliphatic rings. The van der Waals surface area contributed by atoms with E-state index >= 15 is 0 Å². The first-order chi connectivity index (χ1) is 7.78. The summed E-state index contributed by atoms with van der Waals surface area (Å²) < 4.78 is 62.8. The predicted molar refractivity (Wildman–Crippen MR) is 48.8 cm³/mol. The van der Waals surface area contributed by atoms with E-state index in [9.17, 15) is 22.0 Å². The van der Waals surface area contributed by atoms with Gasteiger partial charge in [-0.2, -0.15) is 13.2 Å². The maximum absolute atomic E-state index is 12.9. The van der Waals surface area contributed by atoms with Crippen LogP contribution in [-0.4, -0.2) is 29.0 Å². The smallest absolute Gasteiger partial charge is 0.335 e. The molecule has 2 heterocycles. The highest BCUT2D eigenvalue weighted by Gasteiger charge is 2.40. The normalized spacial score (nSPS) is 19.7. The summed E-state index contributed by atoms with van der Waals surface area (Å²) in [5, 5.41) is 0. The van der Waals surface area contributed by atoms with Gasteiger partial charge in [0.25, 0.3) is 5.92 Å². The Labute approximate surface area is 93.3 Å². The monoisotopic (exact) mass is 253 g/mol. The lowest BCUT2D eigenvalue weighted by Crippen LogP contribution is -2.27. The Hall–Kier alpha value is -1.47. The van der Waals surface area contributed by atoms with Crippen molar-refractivity contribution >= 4 is 5.95 Å². The van der Waals surface area contributed by atoms with Crippen molar-refractivity contribution in [3.05, 3.63) is 18.0 Å². The van der Waals surface area contributed by atoms with Gasteiger partial charge >= 0.3 is 6.18 Å². The largest absolute Gasteiger partial charge is 0.433 e. The quantitative estimate of drug-likeness (QED) is 0.719. The third-order valence-corrected chi connectivity index (χ3v) is 2.39. The van der Waals surface area contributed by atoms with Gasteiger partial charge in [-0.15, -0.1) is 0 Å². The third-order valence-electron chi connectivity index (χ3n) is 2.39. The molecule has 1 fully saturated rings. The summed E-state index contributed by atoms with van der Waals surface area (Å²) in [6, 6.07) is 0.706. The fourth-order valence-electron chi connectivity index (χ4n) is 1.57. The highest BCUT2D eigenvalue weighted by atomic mass is 19.4. The zero-order chi connectivity index (χ0) is 12.7. The summed E-state index contributed by atoms with van der Waals surface area (Å²) in [6.45, 7) is -0.692. The van der Waals surface area contributed by atoms with Crippen molar-refractivity contribution in [3.63, 3.8) is 0 Å². The van der Waals surface area contributed by atoms with Gasteiger partial charge in [0.05, 0.1) is 6.54 Å². The number of anilines is 1. The summed E-state index contributed by atoms with van der Waals surface area (Å²) in [6.07, 6.45) is -4.08. The molecule has 1 aromatic rings. The lowest BCUT2D eigenvalue weighted by Gasteiger charge is -2.16. The van der Waals surface area contributed by atoms with E-state index in [0.29, 0.717) is 6.07 Å². The predicted octanol–water partition coefficient (Wildman–Crippen LogP) is 2.34. The van der Waals surface area contributed by atoms with Crippen molar-refractivity contribution in [1.82, 2.24) is 9.97 Å². The molecule has 0 aromatic carbocycles. The fourth-order valence-corrected chi connectivity index (χ4v) is 1.57. The minimum absolute atomic E-state index is 0.0473. The van der Waals surface area contributed by atoms with Crippen LogP contribution in [0.25, 0.3) is 0 Å². The molecule has 1 aliphatic heterocycles. The van der Waals surface area contributed by atoms with Gasteiger partial charge in [0.1, 0.15) is 5.69 Å². The second kappa shape index (κ2) is 3.78. The van der Waals surface area contributed by atoms with Crippen LogP contribution >= 0.6 is 0 Å². The van der Waals surface area contributed by atoms with Gasteiger partial charge in [-0.3, -0.25) is 0 Å². The molecule has 0 bridgehead atoms. The van der Waals surface area contributed by atoms with E-state index in [1.807, 2.05) is 0 Å². The van der Waals surface area contributed by atoms with Crippen LogP contribution in [0, 0.1) is 0 Å². The molecule has 0 radical (unpaired) electrons. The van der Waals surface area contributed by atoms with Crippen LogP contribution < -0.4 is 4.90 Å². The van der Waals surface area contributed by atoms with Crippen molar-refractivity contribution in [2.24, 2.45) is 0 Å². The van der Waals surface area contributed by atoms with Gasteiger partial charge < -0.3 is 4.90 Å². The molecule has 1 saturated heterocycles. The Morgan fingerprint density at radius 2 is 2.00 bits per heavy atom. The Bertz CT molecular complexity index is 417. The second-order valence-electron chi connectivity index (χ2n) is 3.77. The van der Waals surface area contributed by atoms with E-state index in [1.54, 1.807) is 0 Å². The van der Waals surface area contributed by atoms with E-state index in [1.165, 1.54) is 0 Å². The van der Waals surface area contributed by atoms with E-state index < -0.39 is 30.8 Å². The molecule has 0 amide bonds. The molecule has 0 unspecified atom stereocenters. The van der Waals surface area contributed by atoms with Crippen LogP contribution in [0.5, 0.6) is 0 Å². The van der Waals surface area contributed by atoms with Gasteiger partial charge in [0.15, 0.2) is 0 Å². The number of halogens is 5. The minimum Gasteiger partial charge on any atom is -0.335 e. The fraction of sp³-hybridized carbons (Fsp3) is 0.556. The number of aromatic nitrogens is 2. The number of hydrogen-bond acceptors (Lipinski definition) is 3. The first-order valence-corrected chi connectivity index (χ1v) is 4.81. The molecular formula is C9H8F5N3. The van der Waals surface area contributed by atoms with Gasteiger partial charge in [-0.1, -0.05) is 0 Å². The van der Waals surface area contributed by atoms with Crippen molar-refractivity contribution in [3.8, 4) is 0 Å². The third kappa shape index (κ3) is 2.62. The van der Waals surface area contributed by atoms with E-state index in [2.05, 4.69) is 9.97 Å². The van der Waals surface area contributed by atoms with E-state index in [4.69, 9.17) is 0 Å². The summed E-state index contributed by atoms with van der Waals surface area (Å²) in [5.41, 5.74) is -1.13. The minimum atomic E-state index is -4.60. The van der Waals surface area contributed by atoms with Crippen LogP contribution in [0.2, 0.25) is 0 Å². The molecule has 0 aliphatic carbocycles. The Morgan fingerprint density at radius 3 is 2.53 bits per heavy atom. The first kappa shape index (κ1) is 12.0. The van der Waals surface area contributed by atoms with Gasteiger partial charge in [0.2, 0.25) is 5.95 Å². The second-order valence-corrected chi connectivity index (χ2v) is 3.77. The Balaban J connectivity index is 2.23. The number of alkyl halides is 5. The molecular weight excluding hydrogens is 245 g/mol.